The lowest BCUT2D eigenvalue weighted by molar-refractivity contribution is 0.511. The molecule has 0 bridgehead atoms. The van der Waals surface area contributed by atoms with Gasteiger partial charge in [-0.3, -0.25) is 0 Å². The van der Waals surface area contributed by atoms with Crippen LogP contribution < -0.4 is 4.72 Å². The van der Waals surface area contributed by atoms with E-state index in [-0.39, 0.29) is 5.41 Å². The molecule has 1 aromatic carbocycles. The van der Waals surface area contributed by atoms with Crippen molar-refractivity contribution in [2.24, 2.45) is 5.92 Å². The summed E-state index contributed by atoms with van der Waals surface area (Å²) in [7, 11) is 0.554. The van der Waals surface area contributed by atoms with Crippen molar-refractivity contribution in [2.45, 2.75) is 57.2 Å². The van der Waals surface area contributed by atoms with Crippen LogP contribution in [0.4, 0.5) is 0 Å². The molecule has 0 saturated carbocycles. The van der Waals surface area contributed by atoms with Gasteiger partial charge in [0.05, 0.1) is 0 Å². The minimum absolute atomic E-state index is 0.0129. The molecule has 0 aliphatic heterocycles. The van der Waals surface area contributed by atoms with Crippen LogP contribution in [0.25, 0.3) is 11.1 Å². The van der Waals surface area contributed by atoms with Crippen molar-refractivity contribution in [3.05, 3.63) is 59.0 Å². The molecule has 0 saturated heterocycles. The highest BCUT2D eigenvalue weighted by molar-refractivity contribution is 7.85. The smallest absolute Gasteiger partial charge is 0.135 e. The van der Waals surface area contributed by atoms with Crippen LogP contribution in [-0.2, 0) is 29.4 Å². The molecule has 29 heavy (non-hydrogen) atoms. The maximum atomic E-state index is 12.5. The zero-order chi connectivity index (χ0) is 21.2. The second kappa shape index (κ2) is 8.94. The Labute approximate surface area is 181 Å². The van der Waals surface area contributed by atoms with E-state index in [1.165, 1.54) is 10.4 Å². The fourth-order valence-electron chi connectivity index (χ4n) is 3.43. The monoisotopic (exact) mass is 429 g/mol. The van der Waals surface area contributed by atoms with Gasteiger partial charge in [-0.05, 0) is 36.6 Å². The first-order valence-electron chi connectivity index (χ1n) is 10.0. The van der Waals surface area contributed by atoms with Crippen molar-refractivity contribution in [3.63, 3.8) is 0 Å². The largest absolute Gasteiger partial charge is 0.330 e. The number of rotatable bonds is 7. The van der Waals surface area contributed by atoms with Crippen LogP contribution in [0.3, 0.4) is 0 Å². The van der Waals surface area contributed by atoms with Crippen LogP contribution in [0, 0.1) is 5.92 Å². The van der Waals surface area contributed by atoms with Gasteiger partial charge in [-0.1, -0.05) is 58.9 Å². The van der Waals surface area contributed by atoms with Crippen LogP contribution in [-0.4, -0.2) is 20.8 Å². The molecule has 0 fully saturated rings. The Morgan fingerprint density at radius 3 is 2.48 bits per heavy atom. The SMILES string of the molecule is CNS(=O)c1sc(CC(C)C)cc1-c1ccc(Cn2ccnc2C(C)(C)C)cc1. The lowest BCUT2D eigenvalue weighted by Gasteiger charge is -2.20. The molecule has 156 valence electrons. The highest BCUT2D eigenvalue weighted by atomic mass is 32.2. The number of thiophene rings is 1. The van der Waals surface area contributed by atoms with E-state index in [0.29, 0.717) is 5.92 Å². The normalized spacial score (nSPS) is 13.2. The van der Waals surface area contributed by atoms with Gasteiger partial charge < -0.3 is 4.57 Å². The minimum atomic E-state index is -1.18. The van der Waals surface area contributed by atoms with Crippen molar-refractivity contribution in [1.29, 1.82) is 0 Å². The molecule has 2 heterocycles. The molecule has 3 rings (SSSR count). The van der Waals surface area contributed by atoms with Crippen LogP contribution in [0.15, 0.2) is 46.9 Å². The van der Waals surface area contributed by atoms with Crippen molar-refractivity contribution >= 4 is 22.3 Å². The lowest BCUT2D eigenvalue weighted by Crippen LogP contribution is -2.19. The number of hydrogen-bond donors (Lipinski definition) is 1. The average molecular weight is 430 g/mol. The fourth-order valence-corrected chi connectivity index (χ4v) is 5.98. The van der Waals surface area contributed by atoms with E-state index in [0.717, 1.165) is 34.1 Å². The first-order valence-corrected chi connectivity index (χ1v) is 12.0. The minimum Gasteiger partial charge on any atom is -0.330 e. The highest BCUT2D eigenvalue weighted by Crippen LogP contribution is 2.35. The Hall–Kier alpha value is -1.76. The van der Waals surface area contributed by atoms with Gasteiger partial charge in [0.2, 0.25) is 0 Å². The van der Waals surface area contributed by atoms with Crippen molar-refractivity contribution in [3.8, 4) is 11.1 Å². The summed E-state index contributed by atoms with van der Waals surface area (Å²) in [6.45, 7) is 11.8. The van der Waals surface area contributed by atoms with Crippen molar-refractivity contribution < 1.29 is 4.21 Å². The Bertz CT molecular complexity index is 978. The topological polar surface area (TPSA) is 46.9 Å². The molecule has 0 spiro atoms. The molecule has 4 nitrogen and oxygen atoms in total. The predicted octanol–water partition coefficient (Wildman–Crippen LogP) is 5.40. The van der Waals surface area contributed by atoms with Gasteiger partial charge in [0.15, 0.2) is 0 Å². The summed E-state index contributed by atoms with van der Waals surface area (Å²) < 4.78 is 18.5. The highest BCUT2D eigenvalue weighted by Gasteiger charge is 2.20. The first-order chi connectivity index (χ1) is 13.7. The summed E-state index contributed by atoms with van der Waals surface area (Å²) in [6.07, 6.45) is 4.92. The maximum Gasteiger partial charge on any atom is 0.135 e. The van der Waals surface area contributed by atoms with Gasteiger partial charge in [0, 0.05) is 34.8 Å². The van der Waals surface area contributed by atoms with Crippen molar-refractivity contribution in [1.82, 2.24) is 14.3 Å². The molecule has 1 atom stereocenters. The van der Waals surface area contributed by atoms with Crippen LogP contribution in [0.2, 0.25) is 0 Å². The van der Waals surface area contributed by atoms with Gasteiger partial charge in [-0.15, -0.1) is 11.3 Å². The molecule has 1 N–H and O–H groups in total. The van der Waals surface area contributed by atoms with E-state index >= 15 is 0 Å². The summed E-state index contributed by atoms with van der Waals surface area (Å²) in [4.78, 5) is 5.82. The molecule has 6 heteroatoms. The van der Waals surface area contributed by atoms with E-state index in [2.05, 4.69) is 79.2 Å². The van der Waals surface area contributed by atoms with E-state index in [9.17, 15) is 4.21 Å². The second-order valence-corrected chi connectivity index (χ2v) is 11.6. The van der Waals surface area contributed by atoms with E-state index in [1.54, 1.807) is 18.4 Å². The maximum absolute atomic E-state index is 12.5. The first kappa shape index (κ1) is 21.9. The molecule has 0 aliphatic rings. The fraction of sp³-hybridized carbons (Fsp3) is 0.435. The van der Waals surface area contributed by atoms with Gasteiger partial charge in [0.25, 0.3) is 0 Å². The summed E-state index contributed by atoms with van der Waals surface area (Å²) in [6, 6.07) is 10.8. The van der Waals surface area contributed by atoms with Crippen LogP contribution >= 0.6 is 11.3 Å². The average Bonchev–Trinajstić information content (AvgIpc) is 3.28. The number of nitrogens with one attached hydrogen (secondary N) is 1. The molecule has 0 radical (unpaired) electrons. The zero-order valence-electron chi connectivity index (χ0n) is 18.2. The predicted molar refractivity (Wildman–Crippen MR) is 124 cm³/mol. The van der Waals surface area contributed by atoms with Crippen molar-refractivity contribution in [2.75, 3.05) is 7.05 Å². The number of benzene rings is 1. The molecular weight excluding hydrogens is 398 g/mol. The Kier molecular flexibility index (Phi) is 6.76. The quantitative estimate of drug-likeness (QED) is 0.547. The summed E-state index contributed by atoms with van der Waals surface area (Å²) in [5.74, 6) is 1.66. The molecule has 0 amide bonds. The number of imidazole rings is 1. The van der Waals surface area contributed by atoms with Gasteiger partial charge >= 0.3 is 0 Å². The lowest BCUT2D eigenvalue weighted by atomic mass is 9.95. The molecule has 1 unspecified atom stereocenters. The van der Waals surface area contributed by atoms with E-state index < -0.39 is 11.0 Å². The standard InChI is InChI=1S/C23H31N3OS2/c1-16(2)13-19-14-20(21(28-19)29(27)24-6)18-9-7-17(8-10-18)15-26-12-11-25-22(26)23(3,4)5/h7-12,14,16,24H,13,15H2,1-6H3. The number of nitrogens with zero attached hydrogens (tertiary/aromatic N) is 2. The molecule has 0 aliphatic carbocycles. The van der Waals surface area contributed by atoms with Gasteiger partial charge in [0.1, 0.15) is 21.0 Å². The van der Waals surface area contributed by atoms with Crippen LogP contribution in [0.5, 0.6) is 0 Å². The van der Waals surface area contributed by atoms with Crippen LogP contribution in [0.1, 0.15) is 50.9 Å². The molecule has 3 aromatic rings. The summed E-state index contributed by atoms with van der Waals surface area (Å²) >= 11 is 1.65. The van der Waals surface area contributed by atoms with E-state index in [1.807, 2.05) is 12.4 Å². The summed E-state index contributed by atoms with van der Waals surface area (Å²) in [5, 5.41) is 0. The number of aromatic nitrogens is 2. The Morgan fingerprint density at radius 2 is 1.90 bits per heavy atom. The zero-order valence-corrected chi connectivity index (χ0v) is 19.8. The van der Waals surface area contributed by atoms with Gasteiger partial charge in [-0.25, -0.2) is 13.9 Å². The molecule has 2 aromatic heterocycles. The third-order valence-corrected chi connectivity index (χ3v) is 7.30. The number of hydrogen-bond acceptors (Lipinski definition) is 3. The third kappa shape index (κ3) is 5.24. The molecular formula is C23H31N3OS2. The Morgan fingerprint density at radius 1 is 1.21 bits per heavy atom. The second-order valence-electron chi connectivity index (χ2n) is 8.81. The summed E-state index contributed by atoms with van der Waals surface area (Å²) in [5.41, 5.74) is 3.42. The van der Waals surface area contributed by atoms with Gasteiger partial charge in [-0.2, -0.15) is 0 Å². The van der Waals surface area contributed by atoms with E-state index in [4.69, 9.17) is 0 Å². The Balaban J connectivity index is 1.88. The third-order valence-electron chi connectivity index (χ3n) is 4.72.